The second-order valence-electron chi connectivity index (χ2n) is 5.68. The van der Waals surface area contributed by atoms with Crippen LogP contribution in [0.15, 0.2) is 18.2 Å². The monoisotopic (exact) mass is 241 g/mol. The minimum Gasteiger partial charge on any atom is -0.399 e. The van der Waals surface area contributed by atoms with E-state index in [0.717, 1.165) is 36.2 Å². The summed E-state index contributed by atoms with van der Waals surface area (Å²) in [6.07, 6.45) is 5.38. The van der Waals surface area contributed by atoms with E-state index in [1.165, 1.54) is 25.7 Å². The summed E-state index contributed by atoms with van der Waals surface area (Å²) in [6, 6.07) is 7.99. The van der Waals surface area contributed by atoms with Gasteiger partial charge in [-0.1, -0.05) is 0 Å². The zero-order valence-corrected chi connectivity index (χ0v) is 10.6. The lowest BCUT2D eigenvalue weighted by Crippen LogP contribution is -2.28. The number of nitrogens with zero attached hydrogens (tertiary/aromatic N) is 2. The molecule has 0 amide bonds. The first kappa shape index (κ1) is 11.4. The Morgan fingerprint density at radius 3 is 2.28 bits per heavy atom. The molecule has 0 atom stereocenters. The van der Waals surface area contributed by atoms with Crippen LogP contribution < -0.4 is 10.6 Å². The molecule has 0 bridgehead atoms. The highest BCUT2D eigenvalue weighted by molar-refractivity contribution is 5.64. The Kier molecular flexibility index (Phi) is 2.87. The van der Waals surface area contributed by atoms with Gasteiger partial charge < -0.3 is 10.6 Å². The maximum atomic E-state index is 9.26. The van der Waals surface area contributed by atoms with E-state index < -0.39 is 0 Å². The molecule has 2 saturated carbocycles. The zero-order chi connectivity index (χ0) is 12.5. The van der Waals surface area contributed by atoms with Crippen molar-refractivity contribution < 1.29 is 0 Å². The molecule has 0 aliphatic heterocycles. The Labute approximate surface area is 108 Å². The third-order valence-corrected chi connectivity index (χ3v) is 3.83. The number of hydrogen-bond donors (Lipinski definition) is 1. The maximum absolute atomic E-state index is 9.26. The normalized spacial score (nSPS) is 18.4. The minimum absolute atomic E-state index is 0.674. The predicted molar refractivity (Wildman–Crippen MR) is 73.2 cm³/mol. The highest BCUT2D eigenvalue weighted by atomic mass is 15.1. The van der Waals surface area contributed by atoms with Gasteiger partial charge in [-0.2, -0.15) is 5.26 Å². The molecular weight excluding hydrogens is 222 g/mol. The summed E-state index contributed by atoms with van der Waals surface area (Å²) in [7, 11) is 0. The number of rotatable bonds is 5. The van der Waals surface area contributed by atoms with E-state index in [2.05, 4.69) is 11.0 Å². The Hall–Kier alpha value is -1.69. The van der Waals surface area contributed by atoms with Crippen LogP contribution in [-0.4, -0.2) is 13.1 Å². The van der Waals surface area contributed by atoms with Crippen molar-refractivity contribution in [1.82, 2.24) is 0 Å². The number of nitriles is 1. The third kappa shape index (κ3) is 2.59. The second-order valence-corrected chi connectivity index (χ2v) is 5.68. The highest BCUT2D eigenvalue weighted by Crippen LogP contribution is 2.36. The number of nitrogens with two attached hydrogens (primary N) is 1. The van der Waals surface area contributed by atoms with E-state index in [0.29, 0.717) is 5.69 Å². The van der Waals surface area contributed by atoms with Crippen LogP contribution in [0.25, 0.3) is 0 Å². The van der Waals surface area contributed by atoms with Crippen LogP contribution in [0.1, 0.15) is 31.2 Å². The van der Waals surface area contributed by atoms with Crippen LogP contribution in [0.2, 0.25) is 0 Å². The van der Waals surface area contributed by atoms with Crippen LogP contribution in [-0.2, 0) is 0 Å². The van der Waals surface area contributed by atoms with Gasteiger partial charge in [0, 0.05) is 18.8 Å². The van der Waals surface area contributed by atoms with Crippen LogP contribution in [0.4, 0.5) is 11.4 Å². The molecule has 0 saturated heterocycles. The number of hydrogen-bond acceptors (Lipinski definition) is 3. The second kappa shape index (κ2) is 4.53. The predicted octanol–water partition coefficient (Wildman–Crippen LogP) is 2.77. The average molecular weight is 241 g/mol. The van der Waals surface area contributed by atoms with Crippen molar-refractivity contribution >= 4 is 11.4 Å². The molecule has 3 rings (SSSR count). The van der Waals surface area contributed by atoms with Gasteiger partial charge in [0.15, 0.2) is 0 Å². The van der Waals surface area contributed by atoms with Crippen molar-refractivity contribution in [2.45, 2.75) is 25.7 Å². The van der Waals surface area contributed by atoms with Crippen molar-refractivity contribution in [1.29, 1.82) is 5.26 Å². The van der Waals surface area contributed by atoms with Crippen LogP contribution in [0.5, 0.6) is 0 Å². The van der Waals surface area contributed by atoms with E-state index in [4.69, 9.17) is 5.73 Å². The van der Waals surface area contributed by atoms with E-state index >= 15 is 0 Å². The Bertz CT molecular complexity index is 467. The molecule has 2 aliphatic rings. The van der Waals surface area contributed by atoms with Gasteiger partial charge >= 0.3 is 0 Å². The summed E-state index contributed by atoms with van der Waals surface area (Å²) in [4.78, 5) is 2.41. The molecule has 0 aromatic heterocycles. The van der Waals surface area contributed by atoms with Gasteiger partial charge in [0.1, 0.15) is 6.07 Å². The van der Waals surface area contributed by atoms with Gasteiger partial charge in [0.2, 0.25) is 0 Å². The fraction of sp³-hybridized carbons (Fsp3) is 0.533. The Morgan fingerprint density at radius 2 is 1.78 bits per heavy atom. The highest BCUT2D eigenvalue weighted by Gasteiger charge is 2.30. The van der Waals surface area contributed by atoms with Gasteiger partial charge in [0.25, 0.3) is 0 Å². The van der Waals surface area contributed by atoms with Crippen molar-refractivity contribution in [3.63, 3.8) is 0 Å². The van der Waals surface area contributed by atoms with E-state index in [1.54, 1.807) is 6.07 Å². The largest absolute Gasteiger partial charge is 0.399 e. The first-order valence-electron chi connectivity index (χ1n) is 6.81. The lowest BCUT2D eigenvalue weighted by atomic mass is 10.1. The summed E-state index contributed by atoms with van der Waals surface area (Å²) >= 11 is 0. The zero-order valence-electron chi connectivity index (χ0n) is 10.6. The molecule has 2 aliphatic carbocycles. The van der Waals surface area contributed by atoms with Gasteiger partial charge in [-0.15, -0.1) is 0 Å². The minimum atomic E-state index is 0.674. The number of anilines is 2. The topological polar surface area (TPSA) is 53.1 Å². The van der Waals surface area contributed by atoms with E-state index in [9.17, 15) is 5.26 Å². The molecule has 1 aromatic rings. The first-order valence-corrected chi connectivity index (χ1v) is 6.81. The fourth-order valence-electron chi connectivity index (χ4n) is 2.41. The van der Waals surface area contributed by atoms with Gasteiger partial charge in [0.05, 0.1) is 11.3 Å². The molecule has 0 spiro atoms. The fourth-order valence-corrected chi connectivity index (χ4v) is 2.41. The molecule has 0 heterocycles. The average Bonchev–Trinajstić information content (AvgIpc) is 3.23. The first-order chi connectivity index (χ1) is 8.76. The van der Waals surface area contributed by atoms with Crippen molar-refractivity contribution in [3.8, 4) is 6.07 Å². The summed E-state index contributed by atoms with van der Waals surface area (Å²) in [5.41, 5.74) is 8.23. The smallest absolute Gasteiger partial charge is 0.101 e. The molecule has 2 fully saturated rings. The summed E-state index contributed by atoms with van der Waals surface area (Å²) in [5, 5.41) is 9.26. The third-order valence-electron chi connectivity index (χ3n) is 3.83. The molecule has 18 heavy (non-hydrogen) atoms. The molecule has 3 heteroatoms. The van der Waals surface area contributed by atoms with Gasteiger partial charge in [-0.25, -0.2) is 0 Å². The van der Waals surface area contributed by atoms with Crippen molar-refractivity contribution in [3.05, 3.63) is 23.8 Å². The van der Waals surface area contributed by atoms with Crippen LogP contribution >= 0.6 is 0 Å². The van der Waals surface area contributed by atoms with E-state index in [1.807, 2.05) is 12.1 Å². The van der Waals surface area contributed by atoms with Gasteiger partial charge in [-0.05, 0) is 55.7 Å². The maximum Gasteiger partial charge on any atom is 0.101 e. The standard InChI is InChI=1S/C15H19N3/c16-8-13-7-14(17)5-6-15(13)18(9-11-1-2-11)10-12-3-4-12/h5-7,11-12H,1-4,9-10,17H2. The molecule has 0 radical (unpaired) electrons. The molecule has 1 aromatic carbocycles. The summed E-state index contributed by atoms with van der Waals surface area (Å²) < 4.78 is 0. The molecule has 3 nitrogen and oxygen atoms in total. The number of nitrogen functional groups attached to an aromatic ring is 1. The quantitative estimate of drug-likeness (QED) is 0.806. The Balaban J connectivity index is 1.84. The Morgan fingerprint density at radius 1 is 1.17 bits per heavy atom. The number of benzene rings is 1. The summed E-state index contributed by atoms with van der Waals surface area (Å²) in [6.45, 7) is 2.21. The lowest BCUT2D eigenvalue weighted by molar-refractivity contribution is 0.679. The molecule has 0 unspecified atom stereocenters. The van der Waals surface area contributed by atoms with E-state index in [-0.39, 0.29) is 0 Å². The molecule has 94 valence electrons. The van der Waals surface area contributed by atoms with Gasteiger partial charge in [-0.3, -0.25) is 0 Å². The molecule has 2 N–H and O–H groups in total. The van der Waals surface area contributed by atoms with Crippen LogP contribution in [0, 0.1) is 23.2 Å². The van der Waals surface area contributed by atoms with Crippen molar-refractivity contribution in [2.24, 2.45) is 11.8 Å². The van der Waals surface area contributed by atoms with Crippen LogP contribution in [0.3, 0.4) is 0 Å². The SMILES string of the molecule is N#Cc1cc(N)ccc1N(CC1CC1)CC1CC1. The molecular formula is C15H19N3. The summed E-state index contributed by atoms with van der Waals surface area (Å²) in [5.74, 6) is 1.68. The van der Waals surface area contributed by atoms with Crippen molar-refractivity contribution in [2.75, 3.05) is 23.7 Å². The lowest BCUT2D eigenvalue weighted by Gasteiger charge is -2.26.